The Kier molecular flexibility index (Phi) is 7.40. The Morgan fingerprint density at radius 1 is 0.944 bits per heavy atom. The minimum atomic E-state index is -0.471. The Morgan fingerprint density at radius 3 is 2.14 bits per heavy atom. The lowest BCUT2D eigenvalue weighted by Gasteiger charge is -2.17. The Bertz CT molecular complexity index is 1490. The van der Waals surface area contributed by atoms with E-state index in [0.29, 0.717) is 45.0 Å². The van der Waals surface area contributed by atoms with Gasteiger partial charge in [0.05, 0.1) is 41.9 Å². The van der Waals surface area contributed by atoms with Gasteiger partial charge in [-0.25, -0.2) is 4.98 Å². The fourth-order valence-corrected chi connectivity index (χ4v) is 4.20. The number of Topliss-reactive ketones (excluding diaryl/α,β-unsaturated/α-hetero) is 1. The number of rotatable bonds is 9. The van der Waals surface area contributed by atoms with E-state index in [0.717, 1.165) is 11.3 Å². The van der Waals surface area contributed by atoms with E-state index in [1.165, 1.54) is 6.92 Å². The number of nitrogens with one attached hydrogen (secondary N) is 3. The number of carbonyl (C=O) groups excluding carboxylic acids is 1. The predicted molar refractivity (Wildman–Crippen MR) is 141 cm³/mol. The van der Waals surface area contributed by atoms with Crippen molar-refractivity contribution in [3.05, 3.63) is 75.5 Å². The number of aromatic amines is 1. The van der Waals surface area contributed by atoms with Gasteiger partial charge >= 0.3 is 0 Å². The molecule has 0 unspecified atom stereocenters. The van der Waals surface area contributed by atoms with E-state index in [2.05, 4.69) is 30.8 Å². The zero-order chi connectivity index (χ0) is 25.7. The normalized spacial score (nSPS) is 10.9. The number of anilines is 4. The summed E-state index contributed by atoms with van der Waals surface area (Å²) < 4.78 is 10.9. The molecule has 3 N–H and O–H groups in total. The lowest BCUT2D eigenvalue weighted by Crippen LogP contribution is -2.11. The first kappa shape index (κ1) is 24.6. The number of carbonyl (C=O) groups is 1. The molecule has 2 aromatic heterocycles. The van der Waals surface area contributed by atoms with Crippen LogP contribution in [-0.2, 0) is 0 Å². The maximum atomic E-state index is 12.9. The summed E-state index contributed by atoms with van der Waals surface area (Å²) in [5.41, 5.74) is 2.00. The van der Waals surface area contributed by atoms with Crippen molar-refractivity contribution >= 4 is 50.8 Å². The first-order valence-electron chi connectivity index (χ1n) is 10.9. The molecule has 0 aliphatic rings. The predicted octanol–water partition coefficient (Wildman–Crippen LogP) is 6.26. The van der Waals surface area contributed by atoms with Gasteiger partial charge in [-0.15, -0.1) is 10.2 Å². The van der Waals surface area contributed by atoms with Crippen LogP contribution >= 0.6 is 11.3 Å². The molecule has 0 radical (unpaired) electrons. The van der Waals surface area contributed by atoms with Crippen molar-refractivity contribution in [2.24, 2.45) is 10.2 Å². The van der Waals surface area contributed by atoms with E-state index in [9.17, 15) is 9.59 Å². The standard InChI is InChI=1S/C25H24N6O4S/c1-14-22(15(2)32)36-25(26-14)31-30-19-13-18(27-16-9-5-7-11-20(16)34-3)23(29-24(19)33)28-17-10-6-8-12-21(17)35-4/h5-13,27H,1-4H3,(H2,28,29,33). The van der Waals surface area contributed by atoms with Gasteiger partial charge in [0, 0.05) is 6.92 Å². The number of aromatic nitrogens is 2. The fraction of sp³-hybridized carbons (Fsp3) is 0.160. The summed E-state index contributed by atoms with van der Waals surface area (Å²) in [4.78, 5) is 32.2. The van der Waals surface area contributed by atoms with Gasteiger partial charge in [-0.05, 0) is 37.3 Å². The summed E-state index contributed by atoms with van der Waals surface area (Å²) in [5.74, 6) is 1.51. The lowest BCUT2D eigenvalue weighted by atomic mass is 10.2. The number of methoxy groups -OCH3 is 2. The number of ether oxygens (including phenoxy) is 2. The summed E-state index contributed by atoms with van der Waals surface area (Å²) in [5, 5.41) is 15.0. The zero-order valence-electron chi connectivity index (χ0n) is 20.1. The van der Waals surface area contributed by atoms with Crippen LogP contribution in [0, 0.1) is 6.92 Å². The average molecular weight is 505 g/mol. The molecule has 0 bridgehead atoms. The largest absolute Gasteiger partial charge is 0.495 e. The quantitative estimate of drug-likeness (QED) is 0.181. The molecule has 0 fully saturated rings. The van der Waals surface area contributed by atoms with Crippen molar-refractivity contribution in [2.45, 2.75) is 13.8 Å². The molecule has 0 saturated heterocycles. The van der Waals surface area contributed by atoms with Crippen LogP contribution in [0.1, 0.15) is 22.3 Å². The molecule has 0 aliphatic heterocycles. The first-order valence-corrected chi connectivity index (χ1v) is 11.7. The van der Waals surface area contributed by atoms with E-state index in [1.54, 1.807) is 27.2 Å². The highest BCUT2D eigenvalue weighted by atomic mass is 32.1. The van der Waals surface area contributed by atoms with Gasteiger partial charge in [0.25, 0.3) is 5.56 Å². The molecule has 36 heavy (non-hydrogen) atoms. The highest BCUT2D eigenvalue weighted by Crippen LogP contribution is 2.35. The molecule has 0 spiro atoms. The van der Waals surface area contributed by atoms with E-state index in [1.807, 2.05) is 48.5 Å². The Hall–Kier alpha value is -4.51. The molecular formula is C25H24N6O4S. The summed E-state index contributed by atoms with van der Waals surface area (Å²) in [7, 11) is 3.14. The van der Waals surface area contributed by atoms with Gasteiger partial charge in [0.2, 0.25) is 5.13 Å². The Morgan fingerprint density at radius 2 is 1.56 bits per heavy atom. The number of azo groups is 1. The number of thiazole rings is 1. The smallest absolute Gasteiger partial charge is 0.277 e. The molecule has 4 aromatic rings. The second-order valence-corrected chi connectivity index (χ2v) is 8.57. The van der Waals surface area contributed by atoms with Crippen molar-refractivity contribution in [2.75, 3.05) is 24.9 Å². The van der Waals surface area contributed by atoms with Gasteiger partial charge in [-0.3, -0.25) is 9.59 Å². The van der Waals surface area contributed by atoms with Crippen LogP contribution < -0.4 is 25.7 Å². The van der Waals surface area contributed by atoms with Crippen molar-refractivity contribution in [3.63, 3.8) is 0 Å². The van der Waals surface area contributed by atoms with E-state index in [4.69, 9.17) is 9.47 Å². The zero-order valence-corrected chi connectivity index (χ0v) is 20.9. The summed E-state index contributed by atoms with van der Waals surface area (Å²) in [6.45, 7) is 3.20. The summed E-state index contributed by atoms with van der Waals surface area (Å²) >= 11 is 1.12. The molecule has 4 rings (SSSR count). The van der Waals surface area contributed by atoms with Crippen LogP contribution in [0.25, 0.3) is 0 Å². The van der Waals surface area contributed by atoms with Gasteiger partial charge in [0.15, 0.2) is 11.5 Å². The minimum absolute atomic E-state index is 0.0511. The number of ketones is 1. The third-order valence-corrected chi connectivity index (χ3v) is 6.26. The highest BCUT2D eigenvalue weighted by Gasteiger charge is 2.15. The molecule has 11 heteroatoms. The molecule has 2 aromatic carbocycles. The first-order chi connectivity index (χ1) is 17.4. The number of hydrogen-bond donors (Lipinski definition) is 3. The SMILES string of the molecule is COc1ccccc1Nc1cc(N=Nc2nc(C)c(C(C)=O)s2)c(=O)[nH]c1Nc1ccccc1OC. The lowest BCUT2D eigenvalue weighted by molar-refractivity contribution is 0.102. The molecule has 0 aliphatic carbocycles. The minimum Gasteiger partial charge on any atom is -0.495 e. The fourth-order valence-electron chi connectivity index (χ4n) is 3.41. The summed E-state index contributed by atoms with van der Waals surface area (Å²) in [6.07, 6.45) is 0. The van der Waals surface area contributed by atoms with Crippen LogP contribution in [0.2, 0.25) is 0 Å². The van der Waals surface area contributed by atoms with Crippen LogP contribution in [0.3, 0.4) is 0 Å². The number of benzene rings is 2. The molecule has 10 nitrogen and oxygen atoms in total. The van der Waals surface area contributed by atoms with Crippen molar-refractivity contribution in [1.82, 2.24) is 9.97 Å². The molecule has 184 valence electrons. The molecule has 0 atom stereocenters. The van der Waals surface area contributed by atoms with Gasteiger partial charge < -0.3 is 25.1 Å². The maximum absolute atomic E-state index is 12.9. The molecule has 2 heterocycles. The Balaban J connectivity index is 1.76. The van der Waals surface area contributed by atoms with Gasteiger partial charge in [-0.1, -0.05) is 35.6 Å². The number of pyridine rings is 1. The van der Waals surface area contributed by atoms with Crippen LogP contribution in [0.15, 0.2) is 69.6 Å². The van der Waals surface area contributed by atoms with E-state index >= 15 is 0 Å². The second kappa shape index (κ2) is 10.8. The molecule has 0 saturated carbocycles. The van der Waals surface area contributed by atoms with Crippen molar-refractivity contribution < 1.29 is 14.3 Å². The molecule has 0 amide bonds. The second-order valence-electron chi connectivity index (χ2n) is 7.59. The van der Waals surface area contributed by atoms with Crippen molar-refractivity contribution in [3.8, 4) is 11.5 Å². The van der Waals surface area contributed by atoms with Crippen molar-refractivity contribution in [1.29, 1.82) is 0 Å². The van der Waals surface area contributed by atoms with E-state index < -0.39 is 5.56 Å². The number of nitrogens with zero attached hydrogens (tertiary/aromatic N) is 3. The number of para-hydroxylation sites is 4. The third-order valence-electron chi connectivity index (χ3n) is 5.11. The van der Waals surface area contributed by atoms with Crippen LogP contribution in [0.5, 0.6) is 11.5 Å². The maximum Gasteiger partial charge on any atom is 0.277 e. The Labute approximate surface area is 211 Å². The topological polar surface area (TPSA) is 130 Å². The summed E-state index contributed by atoms with van der Waals surface area (Å²) in [6, 6.07) is 16.3. The number of aryl methyl sites for hydroxylation is 1. The number of hydrogen-bond acceptors (Lipinski definition) is 10. The average Bonchev–Trinajstić information content (AvgIpc) is 3.26. The highest BCUT2D eigenvalue weighted by molar-refractivity contribution is 7.17. The van der Waals surface area contributed by atoms with Crippen LogP contribution in [-0.4, -0.2) is 30.0 Å². The van der Waals surface area contributed by atoms with E-state index in [-0.39, 0.29) is 16.6 Å². The third kappa shape index (κ3) is 5.41. The van der Waals surface area contributed by atoms with Gasteiger partial charge in [-0.2, -0.15) is 0 Å². The van der Waals surface area contributed by atoms with Gasteiger partial charge in [0.1, 0.15) is 17.3 Å². The molecular weight excluding hydrogens is 480 g/mol. The van der Waals surface area contributed by atoms with Crippen LogP contribution in [0.4, 0.5) is 33.7 Å². The number of H-pyrrole nitrogens is 1. The monoisotopic (exact) mass is 504 g/mol.